The van der Waals surface area contributed by atoms with Crippen LogP contribution in [0, 0.1) is 5.92 Å². The van der Waals surface area contributed by atoms with E-state index < -0.39 is 0 Å². The number of thioether (sulfide) groups is 1. The highest BCUT2D eigenvalue weighted by atomic mass is 32.2. The van der Waals surface area contributed by atoms with Crippen LogP contribution in [0.25, 0.3) is 10.2 Å². The molecule has 2 heterocycles. The largest absolute Gasteiger partial charge is 0.369 e. The first-order valence-corrected chi connectivity index (χ1v) is 9.34. The van der Waals surface area contributed by atoms with Crippen LogP contribution in [0.5, 0.6) is 0 Å². The average Bonchev–Trinajstić information content (AvgIpc) is 2.96. The Morgan fingerprint density at radius 2 is 2.04 bits per heavy atom. The molecule has 23 heavy (non-hydrogen) atoms. The number of nitrogens with zero attached hydrogens (tertiary/aromatic N) is 2. The Bertz CT molecular complexity index is 690. The molecule has 2 aromatic rings. The lowest BCUT2D eigenvalue weighted by molar-refractivity contribution is -0.134. The van der Waals surface area contributed by atoms with Crippen LogP contribution in [-0.2, 0) is 9.59 Å². The van der Waals surface area contributed by atoms with Crippen LogP contribution in [-0.4, -0.2) is 40.0 Å². The summed E-state index contributed by atoms with van der Waals surface area (Å²) in [6, 6.07) is 7.98. The fraction of sp³-hybridized carbons (Fsp3) is 0.438. The van der Waals surface area contributed by atoms with Crippen LogP contribution in [0.3, 0.4) is 0 Å². The normalized spacial score (nSPS) is 17.3. The Balaban J connectivity index is 1.60. The number of thiazole rings is 1. The minimum Gasteiger partial charge on any atom is -0.369 e. The lowest BCUT2D eigenvalue weighted by Crippen LogP contribution is -2.44. The summed E-state index contributed by atoms with van der Waals surface area (Å²) < 4.78 is 2.05. The fourth-order valence-electron chi connectivity index (χ4n) is 2.74. The average molecular weight is 349 g/mol. The number of hydrogen-bond donors (Lipinski definition) is 1. The van der Waals surface area contributed by atoms with Gasteiger partial charge >= 0.3 is 0 Å². The van der Waals surface area contributed by atoms with Crippen LogP contribution in [0.2, 0.25) is 0 Å². The van der Waals surface area contributed by atoms with Gasteiger partial charge in [-0.1, -0.05) is 23.9 Å². The summed E-state index contributed by atoms with van der Waals surface area (Å²) in [5, 5.41) is -0.180. The van der Waals surface area contributed by atoms with Gasteiger partial charge in [-0.3, -0.25) is 9.59 Å². The second-order valence-corrected chi connectivity index (χ2v) is 8.33. The standard InChI is InChI=1S/C16H19N3O2S2/c1-10(15(21)19-8-6-11(7-9-19)14(17)20)22-16-18-12-4-2-3-5-13(12)23-16/h2-5,10-11H,6-9H2,1H3,(H2,17,20). The lowest BCUT2D eigenvalue weighted by atomic mass is 9.96. The monoisotopic (exact) mass is 349 g/mol. The van der Waals surface area contributed by atoms with E-state index in [1.165, 1.54) is 11.8 Å². The molecule has 1 saturated heterocycles. The van der Waals surface area contributed by atoms with E-state index >= 15 is 0 Å². The number of carbonyl (C=O) groups is 2. The molecule has 0 bridgehead atoms. The highest BCUT2D eigenvalue weighted by Crippen LogP contribution is 2.32. The molecule has 0 saturated carbocycles. The molecule has 1 aliphatic heterocycles. The Morgan fingerprint density at radius 3 is 2.70 bits per heavy atom. The smallest absolute Gasteiger partial charge is 0.235 e. The van der Waals surface area contributed by atoms with Gasteiger partial charge in [-0.2, -0.15) is 0 Å². The molecule has 0 spiro atoms. The topological polar surface area (TPSA) is 76.3 Å². The first-order valence-electron chi connectivity index (χ1n) is 7.65. The van der Waals surface area contributed by atoms with Crippen LogP contribution < -0.4 is 5.73 Å². The molecule has 5 nitrogen and oxygen atoms in total. The maximum atomic E-state index is 12.6. The number of nitrogens with two attached hydrogens (primary N) is 1. The molecule has 0 aliphatic carbocycles. The zero-order chi connectivity index (χ0) is 16.4. The van der Waals surface area contributed by atoms with E-state index in [2.05, 4.69) is 4.98 Å². The van der Waals surface area contributed by atoms with Crippen molar-refractivity contribution in [2.75, 3.05) is 13.1 Å². The highest BCUT2D eigenvalue weighted by Gasteiger charge is 2.29. The number of amides is 2. The van der Waals surface area contributed by atoms with Crippen LogP contribution >= 0.6 is 23.1 Å². The van der Waals surface area contributed by atoms with E-state index in [4.69, 9.17) is 5.73 Å². The van der Waals surface area contributed by atoms with Gasteiger partial charge in [0.15, 0.2) is 4.34 Å². The van der Waals surface area contributed by atoms with Crippen molar-refractivity contribution in [1.29, 1.82) is 0 Å². The number of primary amides is 1. The third kappa shape index (κ3) is 3.67. The van der Waals surface area contributed by atoms with Crippen LogP contribution in [0.15, 0.2) is 28.6 Å². The van der Waals surface area contributed by atoms with E-state index in [1.807, 2.05) is 36.1 Å². The fourth-order valence-corrected chi connectivity index (χ4v) is 5.04. The molecule has 1 aromatic heterocycles. The summed E-state index contributed by atoms with van der Waals surface area (Å²) >= 11 is 3.12. The van der Waals surface area contributed by atoms with Gasteiger partial charge in [0.2, 0.25) is 11.8 Å². The van der Waals surface area contributed by atoms with Crippen molar-refractivity contribution >= 4 is 45.1 Å². The van der Waals surface area contributed by atoms with E-state index in [1.54, 1.807) is 11.3 Å². The molecule has 0 radical (unpaired) electrons. The summed E-state index contributed by atoms with van der Waals surface area (Å²) in [4.78, 5) is 30.2. The first kappa shape index (κ1) is 16.3. The number of aromatic nitrogens is 1. The molecule has 1 aromatic carbocycles. The number of piperidine rings is 1. The van der Waals surface area contributed by atoms with Gasteiger partial charge < -0.3 is 10.6 Å². The van der Waals surface area contributed by atoms with Gasteiger partial charge in [0.05, 0.1) is 15.5 Å². The summed E-state index contributed by atoms with van der Waals surface area (Å²) in [5.74, 6) is -0.238. The summed E-state index contributed by atoms with van der Waals surface area (Å²) in [6.45, 7) is 3.13. The third-order valence-corrected chi connectivity index (χ3v) is 6.33. The van der Waals surface area contributed by atoms with Gasteiger partial charge in [-0.15, -0.1) is 11.3 Å². The van der Waals surface area contributed by atoms with Crippen molar-refractivity contribution in [2.24, 2.45) is 11.7 Å². The molecule has 1 unspecified atom stereocenters. The van der Waals surface area contributed by atoms with E-state index in [-0.39, 0.29) is 23.0 Å². The number of likely N-dealkylation sites (tertiary alicyclic amines) is 1. The molecule has 1 fully saturated rings. The Kier molecular flexibility index (Phi) is 4.87. The summed E-state index contributed by atoms with van der Waals surface area (Å²) in [6.07, 6.45) is 1.33. The predicted molar refractivity (Wildman–Crippen MR) is 93.4 cm³/mol. The molecule has 122 valence electrons. The van der Waals surface area contributed by atoms with Crippen molar-refractivity contribution < 1.29 is 9.59 Å². The van der Waals surface area contributed by atoms with Crippen molar-refractivity contribution in [1.82, 2.24) is 9.88 Å². The quantitative estimate of drug-likeness (QED) is 0.861. The van der Waals surface area contributed by atoms with E-state index in [0.717, 1.165) is 14.6 Å². The number of para-hydroxylation sites is 1. The molecule has 1 atom stereocenters. The SMILES string of the molecule is CC(Sc1nc2ccccc2s1)C(=O)N1CCC(C(N)=O)CC1. The van der Waals surface area contributed by atoms with Crippen molar-refractivity contribution in [3.05, 3.63) is 24.3 Å². The van der Waals surface area contributed by atoms with Gasteiger partial charge in [-0.05, 0) is 31.9 Å². The van der Waals surface area contributed by atoms with Crippen LogP contribution in [0.1, 0.15) is 19.8 Å². The van der Waals surface area contributed by atoms with E-state index in [9.17, 15) is 9.59 Å². The first-order chi connectivity index (χ1) is 11.0. The molecule has 2 amide bonds. The number of fused-ring (bicyclic) bond motifs is 1. The lowest BCUT2D eigenvalue weighted by Gasteiger charge is -2.32. The number of hydrogen-bond acceptors (Lipinski definition) is 5. The summed E-state index contributed by atoms with van der Waals surface area (Å²) in [5.41, 5.74) is 6.31. The minimum atomic E-state index is -0.256. The second-order valence-electron chi connectivity index (χ2n) is 5.71. The molecular formula is C16H19N3O2S2. The molecule has 3 rings (SSSR count). The maximum absolute atomic E-state index is 12.6. The third-order valence-electron chi connectivity index (χ3n) is 4.11. The molecule has 1 aliphatic rings. The van der Waals surface area contributed by atoms with Crippen molar-refractivity contribution in [3.8, 4) is 0 Å². The highest BCUT2D eigenvalue weighted by molar-refractivity contribution is 8.02. The number of carbonyl (C=O) groups excluding carboxylic acids is 2. The van der Waals surface area contributed by atoms with Crippen molar-refractivity contribution in [3.63, 3.8) is 0 Å². The van der Waals surface area contributed by atoms with E-state index in [0.29, 0.717) is 25.9 Å². The van der Waals surface area contributed by atoms with Gasteiger partial charge in [0, 0.05) is 19.0 Å². The summed E-state index contributed by atoms with van der Waals surface area (Å²) in [7, 11) is 0. The minimum absolute atomic E-state index is 0.0914. The molecule has 7 heteroatoms. The van der Waals surface area contributed by atoms with Crippen LogP contribution in [0.4, 0.5) is 0 Å². The number of benzene rings is 1. The second kappa shape index (κ2) is 6.88. The van der Waals surface area contributed by atoms with Gasteiger partial charge in [0.25, 0.3) is 0 Å². The number of rotatable bonds is 4. The molecule has 2 N–H and O–H groups in total. The maximum Gasteiger partial charge on any atom is 0.235 e. The molecular weight excluding hydrogens is 330 g/mol. The Labute approximate surface area is 143 Å². The van der Waals surface area contributed by atoms with Gasteiger partial charge in [0.1, 0.15) is 0 Å². The Morgan fingerprint density at radius 1 is 1.35 bits per heavy atom. The van der Waals surface area contributed by atoms with Gasteiger partial charge in [-0.25, -0.2) is 4.98 Å². The predicted octanol–water partition coefficient (Wildman–Crippen LogP) is 2.50. The Hall–Kier alpha value is -1.60. The zero-order valence-electron chi connectivity index (χ0n) is 12.9. The van der Waals surface area contributed by atoms with Crippen molar-refractivity contribution in [2.45, 2.75) is 29.4 Å². The zero-order valence-corrected chi connectivity index (χ0v) is 14.5.